The minimum absolute atomic E-state index is 0.156. The fraction of sp³-hybridized carbons (Fsp3) is 0.571. The average molecular weight is 452 g/mol. The van der Waals surface area contributed by atoms with Gasteiger partial charge < -0.3 is 30.4 Å². The number of nitrogens with one attached hydrogen (secondary N) is 3. The first-order chi connectivity index (χ1) is 14.5. The minimum atomic E-state index is -1.05. The van der Waals surface area contributed by atoms with Crippen LogP contribution in [0.4, 0.5) is 16.2 Å². The van der Waals surface area contributed by atoms with E-state index in [4.69, 9.17) is 16.3 Å². The summed E-state index contributed by atoms with van der Waals surface area (Å²) in [4.78, 5) is 33.5. The van der Waals surface area contributed by atoms with Gasteiger partial charge in [-0.25, -0.2) is 9.78 Å². The first kappa shape index (κ1) is 23.1. The van der Waals surface area contributed by atoms with Crippen molar-refractivity contribution in [2.45, 2.75) is 58.7 Å². The van der Waals surface area contributed by atoms with Crippen LogP contribution in [0, 0.1) is 5.41 Å². The number of carbonyl (C=O) groups excluding carboxylic acids is 1. The second-order valence-electron chi connectivity index (χ2n) is 8.95. The number of amides is 2. The van der Waals surface area contributed by atoms with Crippen molar-refractivity contribution in [3.05, 3.63) is 17.4 Å². The van der Waals surface area contributed by atoms with E-state index in [-0.39, 0.29) is 23.4 Å². The van der Waals surface area contributed by atoms with Crippen molar-refractivity contribution in [2.75, 3.05) is 23.9 Å². The van der Waals surface area contributed by atoms with Crippen LogP contribution in [0.1, 0.15) is 40.5 Å². The fourth-order valence-corrected chi connectivity index (χ4v) is 4.66. The van der Waals surface area contributed by atoms with Crippen LogP contribution in [0.25, 0.3) is 11.0 Å². The number of rotatable bonds is 5. The topological polar surface area (TPSA) is 120 Å². The van der Waals surface area contributed by atoms with Crippen molar-refractivity contribution >= 4 is 46.0 Å². The Morgan fingerprint density at radius 2 is 2.13 bits per heavy atom. The summed E-state index contributed by atoms with van der Waals surface area (Å²) in [6.45, 7) is 8.61. The summed E-state index contributed by atoms with van der Waals surface area (Å²) >= 11 is 6.67. The molecule has 2 aromatic rings. The van der Waals surface area contributed by atoms with Crippen molar-refractivity contribution in [1.82, 2.24) is 15.3 Å². The quantitative estimate of drug-likeness (QED) is 0.548. The first-order valence-corrected chi connectivity index (χ1v) is 10.7. The number of pyridine rings is 1. The number of anilines is 2. The summed E-state index contributed by atoms with van der Waals surface area (Å²) < 4.78 is 5.12. The molecule has 2 aromatic heterocycles. The molecule has 1 aliphatic heterocycles. The maximum Gasteiger partial charge on any atom is 0.404 e. The molecule has 0 saturated carbocycles. The van der Waals surface area contributed by atoms with E-state index in [1.807, 2.05) is 0 Å². The molecule has 0 bridgehead atoms. The molecule has 3 atom stereocenters. The number of carbonyl (C=O) groups is 2. The molecule has 0 aliphatic carbocycles. The largest absolute Gasteiger partial charge is 0.465 e. The van der Waals surface area contributed by atoms with Crippen molar-refractivity contribution in [3.8, 4) is 0 Å². The molecule has 3 rings (SSSR count). The lowest BCUT2D eigenvalue weighted by atomic mass is 9.77. The third-order valence-electron chi connectivity index (χ3n) is 5.72. The lowest BCUT2D eigenvalue weighted by Gasteiger charge is -2.49. The first-order valence-electron chi connectivity index (χ1n) is 10.3. The number of aromatic nitrogens is 2. The Morgan fingerprint density at radius 1 is 1.42 bits per heavy atom. The highest BCUT2D eigenvalue weighted by Crippen LogP contribution is 2.43. The Hall–Kier alpha value is -2.52. The van der Waals surface area contributed by atoms with E-state index in [2.05, 4.69) is 46.3 Å². The summed E-state index contributed by atoms with van der Waals surface area (Å²) in [5.41, 5.74) is 1.61. The van der Waals surface area contributed by atoms with Crippen molar-refractivity contribution < 1.29 is 19.4 Å². The summed E-state index contributed by atoms with van der Waals surface area (Å²) in [5.74, 6) is -0.286. The Bertz CT molecular complexity index is 971. The van der Waals surface area contributed by atoms with Gasteiger partial charge in [0.2, 0.25) is 0 Å². The molecule has 3 unspecified atom stereocenters. The van der Waals surface area contributed by atoms with Gasteiger partial charge in [-0.1, -0.05) is 32.4 Å². The van der Waals surface area contributed by atoms with Crippen LogP contribution in [-0.4, -0.2) is 58.9 Å². The number of halogens is 1. The molecule has 1 saturated heterocycles. The van der Waals surface area contributed by atoms with Crippen molar-refractivity contribution in [3.63, 3.8) is 0 Å². The van der Waals surface area contributed by atoms with Gasteiger partial charge in [-0.3, -0.25) is 4.79 Å². The fourth-order valence-electron chi connectivity index (χ4n) is 4.40. The Kier molecular flexibility index (Phi) is 6.66. The van der Waals surface area contributed by atoms with Gasteiger partial charge >= 0.3 is 6.09 Å². The van der Waals surface area contributed by atoms with E-state index in [9.17, 15) is 14.7 Å². The van der Waals surface area contributed by atoms with Gasteiger partial charge in [0, 0.05) is 19.9 Å². The normalized spacial score (nSPS) is 20.5. The van der Waals surface area contributed by atoms with Crippen molar-refractivity contribution in [2.24, 2.45) is 5.41 Å². The predicted octanol–water partition coefficient (Wildman–Crippen LogP) is 3.84. The number of hydrogen-bond donors (Lipinski definition) is 4. The highest BCUT2D eigenvalue weighted by Gasteiger charge is 2.42. The lowest BCUT2D eigenvalue weighted by Crippen LogP contribution is -2.60. The number of piperidine rings is 1. The minimum Gasteiger partial charge on any atom is -0.465 e. The smallest absolute Gasteiger partial charge is 0.404 e. The van der Waals surface area contributed by atoms with Crippen LogP contribution in [0.5, 0.6) is 0 Å². The second kappa shape index (κ2) is 8.92. The third-order valence-corrected chi connectivity index (χ3v) is 6.00. The molecule has 2 amide bonds. The number of ether oxygens (including phenoxy) is 1. The number of carboxylic acid groups (broad SMARTS) is 1. The number of H-pyrrole nitrogens is 1. The standard InChI is InChI=1S/C21H30ClN5O4/c1-11(31-5)19(28)25-14-10-24-18-15(14)16(12(22)9-23-18)27-8-6-7-13(26-20(29)30)17(27)21(2,3)4/h9-11,13,17,26H,6-8H2,1-5H3,(H,23,24)(H,25,28)(H,29,30). The van der Waals surface area contributed by atoms with E-state index in [0.29, 0.717) is 28.3 Å². The molecule has 9 nitrogen and oxygen atoms in total. The zero-order valence-corrected chi connectivity index (χ0v) is 19.2. The Morgan fingerprint density at radius 3 is 2.74 bits per heavy atom. The van der Waals surface area contributed by atoms with Crippen LogP contribution in [0.3, 0.4) is 0 Å². The molecule has 31 heavy (non-hydrogen) atoms. The maximum atomic E-state index is 12.5. The van der Waals surface area contributed by atoms with Gasteiger partial charge in [-0.2, -0.15) is 0 Å². The van der Waals surface area contributed by atoms with E-state index in [1.165, 1.54) is 7.11 Å². The molecule has 0 radical (unpaired) electrons. The Labute approximate surface area is 186 Å². The molecule has 1 fully saturated rings. The van der Waals surface area contributed by atoms with Crippen LogP contribution in [-0.2, 0) is 9.53 Å². The van der Waals surface area contributed by atoms with Gasteiger partial charge in [0.25, 0.3) is 5.91 Å². The van der Waals surface area contributed by atoms with Crippen LogP contribution >= 0.6 is 11.6 Å². The van der Waals surface area contributed by atoms with Gasteiger partial charge in [-0.15, -0.1) is 0 Å². The maximum absolute atomic E-state index is 12.5. The number of hydrogen-bond acceptors (Lipinski definition) is 5. The molecule has 0 spiro atoms. The molecule has 1 aliphatic rings. The van der Waals surface area contributed by atoms with E-state index in [1.54, 1.807) is 19.3 Å². The molecule has 3 heterocycles. The zero-order valence-electron chi connectivity index (χ0n) is 18.5. The highest BCUT2D eigenvalue weighted by atomic mass is 35.5. The number of methoxy groups -OCH3 is 1. The summed E-state index contributed by atoms with van der Waals surface area (Å²) in [7, 11) is 1.47. The average Bonchev–Trinajstić information content (AvgIpc) is 3.08. The SMILES string of the molecule is COC(C)C(=O)Nc1c[nH]c2ncc(Cl)c(N3CCCC(NC(=O)O)C3C(C)(C)C)c12. The molecule has 10 heteroatoms. The summed E-state index contributed by atoms with van der Waals surface area (Å²) in [5, 5.41) is 16.1. The van der Waals surface area contributed by atoms with Crippen LogP contribution < -0.4 is 15.5 Å². The van der Waals surface area contributed by atoms with Gasteiger partial charge in [0.15, 0.2) is 0 Å². The van der Waals surface area contributed by atoms with Gasteiger partial charge in [0.05, 0.1) is 40.1 Å². The third kappa shape index (κ3) is 4.72. The Balaban J connectivity index is 2.13. The van der Waals surface area contributed by atoms with Gasteiger partial charge in [0.1, 0.15) is 11.8 Å². The monoisotopic (exact) mass is 451 g/mol. The van der Waals surface area contributed by atoms with Crippen molar-refractivity contribution in [1.29, 1.82) is 0 Å². The lowest BCUT2D eigenvalue weighted by molar-refractivity contribution is -0.124. The molecule has 4 N–H and O–H groups in total. The number of aromatic amines is 1. The molecule has 170 valence electrons. The molecular weight excluding hydrogens is 422 g/mol. The van der Waals surface area contributed by atoms with Crippen LogP contribution in [0.2, 0.25) is 5.02 Å². The van der Waals surface area contributed by atoms with E-state index < -0.39 is 12.2 Å². The van der Waals surface area contributed by atoms with E-state index in [0.717, 1.165) is 18.5 Å². The summed E-state index contributed by atoms with van der Waals surface area (Å²) in [6, 6.07) is -0.423. The highest BCUT2D eigenvalue weighted by molar-refractivity contribution is 6.35. The van der Waals surface area contributed by atoms with Gasteiger partial charge in [-0.05, 0) is 25.2 Å². The summed E-state index contributed by atoms with van der Waals surface area (Å²) in [6.07, 6.45) is 3.12. The predicted molar refractivity (Wildman–Crippen MR) is 121 cm³/mol. The van der Waals surface area contributed by atoms with E-state index >= 15 is 0 Å². The number of fused-ring (bicyclic) bond motifs is 1. The van der Waals surface area contributed by atoms with Crippen LogP contribution in [0.15, 0.2) is 12.4 Å². The molecule has 0 aromatic carbocycles. The zero-order chi connectivity index (χ0) is 22.9. The molecular formula is C21H30ClN5O4. The second-order valence-corrected chi connectivity index (χ2v) is 9.36. The number of nitrogens with zero attached hydrogens (tertiary/aromatic N) is 2.